The van der Waals surface area contributed by atoms with Crippen LogP contribution in [0.5, 0.6) is 0 Å². The molecule has 0 aliphatic rings. The maximum Gasteiger partial charge on any atom is 0.0615 e. The molecule has 1 aromatic carbocycles. The average molecular weight is 315 g/mol. The summed E-state index contributed by atoms with van der Waals surface area (Å²) in [5.41, 5.74) is 7.28. The maximum absolute atomic E-state index is 6.27. The van der Waals surface area contributed by atoms with Gasteiger partial charge in [-0.1, -0.05) is 29.8 Å². The largest absolute Gasteiger partial charge is 0.383 e. The lowest BCUT2D eigenvalue weighted by molar-refractivity contribution is 0.0732. The van der Waals surface area contributed by atoms with Crippen LogP contribution in [0.25, 0.3) is 0 Å². The van der Waals surface area contributed by atoms with Gasteiger partial charge in [0, 0.05) is 44.4 Å². The molecule has 0 bridgehead atoms. The van der Waals surface area contributed by atoms with E-state index in [9.17, 15) is 0 Å². The number of nitrogens with two attached hydrogens (primary N) is 1. The van der Waals surface area contributed by atoms with E-state index in [2.05, 4.69) is 11.8 Å². The first-order valence-corrected chi connectivity index (χ1v) is 7.69. The molecule has 0 aliphatic heterocycles. The van der Waals surface area contributed by atoms with Crippen molar-refractivity contribution in [2.45, 2.75) is 25.4 Å². The number of hydrogen-bond acceptors (Lipinski definition) is 4. The Morgan fingerprint density at radius 3 is 2.52 bits per heavy atom. The van der Waals surface area contributed by atoms with Crippen LogP contribution in [0, 0.1) is 0 Å². The Balaban J connectivity index is 2.56. The molecular formula is C16H27ClN2O2. The predicted molar refractivity (Wildman–Crippen MR) is 87.8 cm³/mol. The van der Waals surface area contributed by atoms with Gasteiger partial charge in [0.25, 0.3) is 0 Å². The van der Waals surface area contributed by atoms with E-state index in [-0.39, 0.29) is 6.04 Å². The van der Waals surface area contributed by atoms with Crippen LogP contribution in [0.3, 0.4) is 0 Å². The van der Waals surface area contributed by atoms with Gasteiger partial charge in [0.1, 0.15) is 0 Å². The minimum Gasteiger partial charge on any atom is -0.383 e. The first-order chi connectivity index (χ1) is 10.1. The lowest BCUT2D eigenvalue weighted by Crippen LogP contribution is -2.40. The molecule has 0 amide bonds. The molecule has 1 aromatic rings. The highest BCUT2D eigenvalue weighted by Gasteiger charge is 2.16. The number of rotatable bonds is 10. The van der Waals surface area contributed by atoms with E-state index in [1.807, 2.05) is 24.3 Å². The molecule has 2 unspecified atom stereocenters. The summed E-state index contributed by atoms with van der Waals surface area (Å²) in [4.78, 5) is 2.34. The summed E-state index contributed by atoms with van der Waals surface area (Å²) in [5.74, 6) is 0. The topological polar surface area (TPSA) is 47.7 Å². The summed E-state index contributed by atoms with van der Waals surface area (Å²) >= 11 is 6.20. The first kappa shape index (κ1) is 18.4. The second kappa shape index (κ2) is 10.1. The fourth-order valence-electron chi connectivity index (χ4n) is 2.34. The molecule has 0 spiro atoms. The maximum atomic E-state index is 6.27. The zero-order valence-electron chi connectivity index (χ0n) is 13.2. The van der Waals surface area contributed by atoms with E-state index in [1.54, 1.807) is 14.2 Å². The van der Waals surface area contributed by atoms with Crippen LogP contribution in [0.1, 0.15) is 24.9 Å². The lowest BCUT2D eigenvalue weighted by atomic mass is 10.0. The Hall–Kier alpha value is -0.650. The van der Waals surface area contributed by atoms with Crippen LogP contribution >= 0.6 is 11.6 Å². The van der Waals surface area contributed by atoms with Crippen molar-refractivity contribution < 1.29 is 9.47 Å². The van der Waals surface area contributed by atoms with Crippen LogP contribution < -0.4 is 5.73 Å². The van der Waals surface area contributed by atoms with E-state index in [4.69, 9.17) is 26.8 Å². The number of nitrogens with zero attached hydrogens (tertiary/aromatic N) is 1. The van der Waals surface area contributed by atoms with Gasteiger partial charge in [0.15, 0.2) is 0 Å². The number of halogens is 1. The summed E-state index contributed by atoms with van der Waals surface area (Å²) in [7, 11) is 3.44. The minimum atomic E-state index is -0.0570. The molecule has 0 aromatic heterocycles. The van der Waals surface area contributed by atoms with E-state index >= 15 is 0 Å². The molecule has 2 N–H and O–H groups in total. The fourth-order valence-corrected chi connectivity index (χ4v) is 2.62. The molecule has 4 nitrogen and oxygen atoms in total. The summed E-state index contributed by atoms with van der Waals surface area (Å²) < 4.78 is 10.4. The Kier molecular flexibility index (Phi) is 8.88. The normalized spacial score (nSPS) is 14.4. The third-order valence-corrected chi connectivity index (χ3v) is 3.99. The predicted octanol–water partition coefficient (Wildman–Crippen LogP) is 2.71. The summed E-state index contributed by atoms with van der Waals surface area (Å²) in [6, 6.07) is 8.04. The van der Waals surface area contributed by atoms with Crippen LogP contribution in [-0.4, -0.2) is 51.5 Å². The van der Waals surface area contributed by atoms with Gasteiger partial charge in [0.05, 0.1) is 13.2 Å². The van der Waals surface area contributed by atoms with Gasteiger partial charge in [-0.05, 0) is 25.0 Å². The van der Waals surface area contributed by atoms with Crippen molar-refractivity contribution in [2.75, 3.05) is 40.5 Å². The van der Waals surface area contributed by atoms with E-state index in [0.717, 1.165) is 30.1 Å². The molecule has 2 atom stereocenters. The Morgan fingerprint density at radius 2 is 1.90 bits per heavy atom. The van der Waals surface area contributed by atoms with Crippen molar-refractivity contribution in [3.05, 3.63) is 34.9 Å². The third kappa shape index (κ3) is 6.32. The van der Waals surface area contributed by atoms with Gasteiger partial charge in [-0.15, -0.1) is 0 Å². The van der Waals surface area contributed by atoms with Gasteiger partial charge >= 0.3 is 0 Å². The van der Waals surface area contributed by atoms with Crippen LogP contribution in [0.15, 0.2) is 24.3 Å². The highest BCUT2D eigenvalue weighted by atomic mass is 35.5. The summed E-state index contributed by atoms with van der Waals surface area (Å²) in [6.07, 6.45) is 0.849. The number of benzene rings is 1. The van der Waals surface area contributed by atoms with Crippen molar-refractivity contribution >= 4 is 11.6 Å². The van der Waals surface area contributed by atoms with Crippen LogP contribution in [-0.2, 0) is 9.47 Å². The van der Waals surface area contributed by atoms with Gasteiger partial charge in [0.2, 0.25) is 0 Å². The van der Waals surface area contributed by atoms with Gasteiger partial charge in [-0.25, -0.2) is 0 Å². The second-order valence-corrected chi connectivity index (χ2v) is 5.66. The summed E-state index contributed by atoms with van der Waals surface area (Å²) in [6.45, 7) is 5.32. The van der Waals surface area contributed by atoms with E-state index < -0.39 is 0 Å². The minimum absolute atomic E-state index is 0.0570. The zero-order valence-corrected chi connectivity index (χ0v) is 14.0. The number of methoxy groups -OCH3 is 2. The molecule has 0 saturated carbocycles. The Bertz CT molecular complexity index is 404. The second-order valence-electron chi connectivity index (χ2n) is 5.25. The molecule has 0 heterocycles. The molecule has 0 radical (unpaired) electrons. The lowest BCUT2D eigenvalue weighted by Gasteiger charge is -2.29. The van der Waals surface area contributed by atoms with Crippen molar-refractivity contribution in [1.29, 1.82) is 0 Å². The Labute approximate surface area is 133 Å². The summed E-state index contributed by atoms with van der Waals surface area (Å²) in [5, 5.41) is 0.735. The highest BCUT2D eigenvalue weighted by molar-refractivity contribution is 6.31. The van der Waals surface area contributed by atoms with Gasteiger partial charge in [-0.2, -0.15) is 0 Å². The van der Waals surface area contributed by atoms with Crippen LogP contribution in [0.4, 0.5) is 0 Å². The SMILES string of the molecule is COCCN(CCC(N)c1ccccc1Cl)C(C)COC. The molecule has 21 heavy (non-hydrogen) atoms. The molecule has 0 saturated heterocycles. The van der Waals surface area contributed by atoms with Crippen molar-refractivity contribution in [3.8, 4) is 0 Å². The average Bonchev–Trinajstić information content (AvgIpc) is 2.47. The zero-order chi connectivity index (χ0) is 15.7. The van der Waals surface area contributed by atoms with Crippen molar-refractivity contribution in [3.63, 3.8) is 0 Å². The van der Waals surface area contributed by atoms with Gasteiger partial charge < -0.3 is 15.2 Å². The number of hydrogen-bond donors (Lipinski definition) is 1. The molecule has 1 rings (SSSR count). The monoisotopic (exact) mass is 314 g/mol. The molecule has 0 aliphatic carbocycles. The molecule has 5 heteroatoms. The smallest absolute Gasteiger partial charge is 0.0615 e. The highest BCUT2D eigenvalue weighted by Crippen LogP contribution is 2.23. The number of ether oxygens (including phenoxy) is 2. The Morgan fingerprint density at radius 1 is 1.19 bits per heavy atom. The third-order valence-electron chi connectivity index (χ3n) is 3.65. The fraction of sp³-hybridized carbons (Fsp3) is 0.625. The van der Waals surface area contributed by atoms with E-state index in [1.165, 1.54) is 0 Å². The van der Waals surface area contributed by atoms with Crippen LogP contribution in [0.2, 0.25) is 5.02 Å². The van der Waals surface area contributed by atoms with Crippen molar-refractivity contribution in [2.24, 2.45) is 5.73 Å². The van der Waals surface area contributed by atoms with Gasteiger partial charge in [-0.3, -0.25) is 4.90 Å². The first-order valence-electron chi connectivity index (χ1n) is 7.32. The molecule has 120 valence electrons. The standard InChI is InChI=1S/C16H27ClN2O2/c1-13(12-21-3)19(10-11-20-2)9-8-16(18)14-6-4-5-7-15(14)17/h4-7,13,16H,8-12,18H2,1-3H3. The molecular weight excluding hydrogens is 288 g/mol. The molecule has 0 fully saturated rings. The van der Waals surface area contributed by atoms with E-state index in [0.29, 0.717) is 19.3 Å². The van der Waals surface area contributed by atoms with Crippen molar-refractivity contribution in [1.82, 2.24) is 4.90 Å². The quantitative estimate of drug-likeness (QED) is 0.721.